The first kappa shape index (κ1) is 14.7. The third-order valence-corrected chi connectivity index (χ3v) is 4.32. The molecule has 0 spiro atoms. The van der Waals surface area contributed by atoms with Crippen molar-refractivity contribution in [1.29, 1.82) is 0 Å². The van der Waals surface area contributed by atoms with Crippen LogP contribution in [0.25, 0.3) is 10.6 Å². The van der Waals surface area contributed by atoms with E-state index in [0.29, 0.717) is 12.3 Å². The molecule has 0 aliphatic rings. The van der Waals surface area contributed by atoms with Gasteiger partial charge in [-0.15, -0.1) is 11.3 Å². The maximum atomic E-state index is 10.8. The molecule has 3 nitrogen and oxygen atoms in total. The number of hydrogen-bond acceptors (Lipinski definition) is 3. The van der Waals surface area contributed by atoms with Gasteiger partial charge in [-0.1, -0.05) is 43.7 Å². The van der Waals surface area contributed by atoms with Gasteiger partial charge >= 0.3 is 5.97 Å². The maximum absolute atomic E-state index is 10.8. The quantitative estimate of drug-likeness (QED) is 0.894. The summed E-state index contributed by atoms with van der Waals surface area (Å²) in [6, 6.07) is 8.28. The molecule has 2 rings (SSSR count). The van der Waals surface area contributed by atoms with E-state index in [2.05, 4.69) is 45.0 Å². The molecule has 106 valence electrons. The minimum absolute atomic E-state index is 0.162. The van der Waals surface area contributed by atoms with Gasteiger partial charge in [0.15, 0.2) is 0 Å². The summed E-state index contributed by atoms with van der Waals surface area (Å²) < 4.78 is 0. The van der Waals surface area contributed by atoms with E-state index in [-0.39, 0.29) is 6.42 Å². The van der Waals surface area contributed by atoms with Crippen LogP contribution in [0, 0.1) is 6.92 Å². The van der Waals surface area contributed by atoms with Gasteiger partial charge in [-0.2, -0.15) is 0 Å². The molecule has 0 saturated carbocycles. The van der Waals surface area contributed by atoms with E-state index >= 15 is 0 Å². The SMILES string of the molecule is Cc1ccc(-c2nc(C(C)C)c(CCC(=O)O)s2)cc1. The molecule has 1 heterocycles. The Kier molecular flexibility index (Phi) is 4.55. The van der Waals surface area contributed by atoms with Gasteiger partial charge in [-0.05, 0) is 19.3 Å². The standard InChI is InChI=1S/C16H19NO2S/c1-10(2)15-13(8-9-14(18)19)20-16(17-15)12-6-4-11(3)5-7-12/h4-7,10H,8-9H2,1-3H3,(H,18,19). The smallest absolute Gasteiger partial charge is 0.303 e. The van der Waals surface area contributed by atoms with Crippen molar-refractivity contribution in [3.63, 3.8) is 0 Å². The van der Waals surface area contributed by atoms with Gasteiger partial charge in [-0.3, -0.25) is 4.79 Å². The van der Waals surface area contributed by atoms with E-state index in [9.17, 15) is 4.79 Å². The van der Waals surface area contributed by atoms with Crippen LogP contribution in [0.15, 0.2) is 24.3 Å². The summed E-state index contributed by atoms with van der Waals surface area (Å²) in [5.74, 6) is -0.445. The van der Waals surface area contributed by atoms with Crippen LogP contribution in [0.4, 0.5) is 0 Å². The normalized spacial score (nSPS) is 11.0. The Morgan fingerprint density at radius 1 is 1.30 bits per heavy atom. The molecule has 20 heavy (non-hydrogen) atoms. The van der Waals surface area contributed by atoms with E-state index in [0.717, 1.165) is 21.1 Å². The number of nitrogens with zero attached hydrogens (tertiary/aromatic N) is 1. The van der Waals surface area contributed by atoms with Crippen molar-refractivity contribution in [2.45, 2.75) is 39.5 Å². The molecule has 1 N–H and O–H groups in total. The lowest BCUT2D eigenvalue weighted by Gasteiger charge is -2.03. The average Bonchev–Trinajstić information content (AvgIpc) is 2.81. The van der Waals surface area contributed by atoms with Gasteiger partial charge in [0.2, 0.25) is 0 Å². The van der Waals surface area contributed by atoms with Crippen molar-refractivity contribution < 1.29 is 9.90 Å². The second-order valence-electron chi connectivity index (χ2n) is 5.24. The van der Waals surface area contributed by atoms with Crippen molar-refractivity contribution in [3.05, 3.63) is 40.4 Å². The maximum Gasteiger partial charge on any atom is 0.303 e. The lowest BCUT2D eigenvalue weighted by atomic mass is 10.1. The predicted octanol–water partition coefficient (Wildman–Crippen LogP) is 4.26. The van der Waals surface area contributed by atoms with E-state index in [1.807, 2.05) is 0 Å². The fraction of sp³-hybridized carbons (Fsp3) is 0.375. The molecular weight excluding hydrogens is 270 g/mol. The predicted molar refractivity (Wildman–Crippen MR) is 82.3 cm³/mol. The zero-order valence-electron chi connectivity index (χ0n) is 12.0. The number of aromatic nitrogens is 1. The number of carboxylic acids is 1. The van der Waals surface area contributed by atoms with E-state index in [1.165, 1.54) is 5.56 Å². The number of aliphatic carboxylic acids is 1. The van der Waals surface area contributed by atoms with E-state index < -0.39 is 5.97 Å². The van der Waals surface area contributed by atoms with Gasteiger partial charge in [0.1, 0.15) is 5.01 Å². The van der Waals surface area contributed by atoms with Crippen LogP contribution in [0.2, 0.25) is 0 Å². The Morgan fingerprint density at radius 2 is 1.95 bits per heavy atom. The summed E-state index contributed by atoms with van der Waals surface area (Å²) in [5.41, 5.74) is 3.36. The summed E-state index contributed by atoms with van der Waals surface area (Å²) in [6.45, 7) is 6.25. The van der Waals surface area contributed by atoms with E-state index in [1.54, 1.807) is 11.3 Å². The molecular formula is C16H19NO2S. The monoisotopic (exact) mass is 289 g/mol. The number of thiazole rings is 1. The molecule has 0 atom stereocenters. The largest absolute Gasteiger partial charge is 0.481 e. The number of carboxylic acid groups (broad SMARTS) is 1. The van der Waals surface area contributed by atoms with Crippen molar-refractivity contribution in [3.8, 4) is 10.6 Å². The number of carbonyl (C=O) groups is 1. The zero-order valence-corrected chi connectivity index (χ0v) is 12.8. The summed E-state index contributed by atoms with van der Waals surface area (Å²) in [6.07, 6.45) is 0.724. The van der Waals surface area contributed by atoms with Gasteiger partial charge in [0.05, 0.1) is 12.1 Å². The zero-order chi connectivity index (χ0) is 14.7. The van der Waals surface area contributed by atoms with Crippen LogP contribution < -0.4 is 0 Å². The Balaban J connectivity index is 2.33. The van der Waals surface area contributed by atoms with Crippen LogP contribution in [0.5, 0.6) is 0 Å². The van der Waals surface area contributed by atoms with Gasteiger partial charge in [0, 0.05) is 10.4 Å². The van der Waals surface area contributed by atoms with Crippen LogP contribution in [-0.2, 0) is 11.2 Å². The Labute approximate surface area is 123 Å². The third kappa shape index (κ3) is 3.45. The lowest BCUT2D eigenvalue weighted by Crippen LogP contribution is -1.99. The molecule has 0 aliphatic carbocycles. The lowest BCUT2D eigenvalue weighted by molar-refractivity contribution is -0.136. The summed E-state index contributed by atoms with van der Waals surface area (Å²) in [7, 11) is 0. The minimum atomic E-state index is -0.759. The number of aryl methyl sites for hydroxylation is 2. The molecule has 0 radical (unpaired) electrons. The van der Waals surface area contributed by atoms with Crippen LogP contribution in [0.1, 0.15) is 42.3 Å². The van der Waals surface area contributed by atoms with Crippen molar-refractivity contribution >= 4 is 17.3 Å². The molecule has 0 saturated heterocycles. The third-order valence-electron chi connectivity index (χ3n) is 3.14. The topological polar surface area (TPSA) is 50.2 Å². The fourth-order valence-electron chi connectivity index (χ4n) is 2.03. The van der Waals surface area contributed by atoms with Gasteiger partial charge < -0.3 is 5.11 Å². The first-order valence-corrected chi connectivity index (χ1v) is 7.57. The van der Waals surface area contributed by atoms with Crippen molar-refractivity contribution in [2.75, 3.05) is 0 Å². The highest BCUT2D eigenvalue weighted by molar-refractivity contribution is 7.15. The van der Waals surface area contributed by atoms with Gasteiger partial charge in [0.25, 0.3) is 0 Å². The van der Waals surface area contributed by atoms with Crippen LogP contribution >= 0.6 is 11.3 Å². The van der Waals surface area contributed by atoms with Crippen LogP contribution in [-0.4, -0.2) is 16.1 Å². The minimum Gasteiger partial charge on any atom is -0.481 e. The molecule has 4 heteroatoms. The Bertz CT molecular complexity index is 599. The van der Waals surface area contributed by atoms with Crippen molar-refractivity contribution in [2.24, 2.45) is 0 Å². The summed E-state index contributed by atoms with van der Waals surface area (Å²) in [4.78, 5) is 16.6. The second kappa shape index (κ2) is 6.18. The van der Waals surface area contributed by atoms with Crippen LogP contribution in [0.3, 0.4) is 0 Å². The summed E-state index contributed by atoms with van der Waals surface area (Å²) in [5, 5.41) is 9.82. The molecule has 0 bridgehead atoms. The molecule has 0 unspecified atom stereocenters. The average molecular weight is 289 g/mol. The summed E-state index contributed by atoms with van der Waals surface area (Å²) >= 11 is 1.61. The van der Waals surface area contributed by atoms with E-state index in [4.69, 9.17) is 10.1 Å². The van der Waals surface area contributed by atoms with Gasteiger partial charge in [-0.25, -0.2) is 4.98 Å². The molecule has 0 amide bonds. The molecule has 1 aromatic heterocycles. The first-order valence-electron chi connectivity index (χ1n) is 6.76. The second-order valence-corrected chi connectivity index (χ2v) is 6.33. The molecule has 2 aromatic rings. The number of hydrogen-bond donors (Lipinski definition) is 1. The highest BCUT2D eigenvalue weighted by atomic mass is 32.1. The highest BCUT2D eigenvalue weighted by Crippen LogP contribution is 2.32. The molecule has 0 fully saturated rings. The molecule has 0 aliphatic heterocycles. The Hall–Kier alpha value is -1.68. The highest BCUT2D eigenvalue weighted by Gasteiger charge is 2.16. The number of rotatable bonds is 5. The number of benzene rings is 1. The van der Waals surface area contributed by atoms with Crippen molar-refractivity contribution in [1.82, 2.24) is 4.98 Å². The fourth-order valence-corrected chi connectivity index (χ4v) is 3.26. The first-order chi connectivity index (χ1) is 9.47. The Morgan fingerprint density at radius 3 is 2.50 bits per heavy atom. The molecule has 1 aromatic carbocycles.